The van der Waals surface area contributed by atoms with Crippen LogP contribution in [0.5, 0.6) is 11.5 Å². The van der Waals surface area contributed by atoms with Gasteiger partial charge < -0.3 is 18.9 Å². The zero-order valence-electron chi connectivity index (χ0n) is 17.2. The quantitative estimate of drug-likeness (QED) is 0.552. The van der Waals surface area contributed by atoms with Crippen LogP contribution in [0.3, 0.4) is 0 Å². The van der Waals surface area contributed by atoms with Crippen molar-refractivity contribution in [2.24, 2.45) is 0 Å². The maximum absolute atomic E-state index is 13.1. The van der Waals surface area contributed by atoms with Crippen molar-refractivity contribution in [2.45, 2.75) is 31.2 Å². The summed E-state index contributed by atoms with van der Waals surface area (Å²) in [6.07, 6.45) is 1.70. The highest BCUT2D eigenvalue weighted by atomic mass is 32.2. The Morgan fingerprint density at radius 3 is 2.73 bits per heavy atom. The molecule has 0 spiro atoms. The van der Waals surface area contributed by atoms with E-state index in [9.17, 15) is 4.79 Å². The van der Waals surface area contributed by atoms with Crippen molar-refractivity contribution >= 4 is 17.7 Å². The first-order valence-corrected chi connectivity index (χ1v) is 10.6. The number of amides is 1. The molecule has 2 aromatic heterocycles. The Labute approximate surface area is 179 Å². The Morgan fingerprint density at radius 1 is 1.17 bits per heavy atom. The lowest BCUT2D eigenvalue weighted by molar-refractivity contribution is 0.0780. The number of aromatic nitrogens is 2. The lowest BCUT2D eigenvalue weighted by Gasteiger charge is -2.21. The molecule has 0 fully saturated rings. The summed E-state index contributed by atoms with van der Waals surface area (Å²) >= 11 is 1.51. The average Bonchev–Trinajstić information content (AvgIpc) is 3.09. The molecule has 0 saturated heterocycles. The molecule has 156 valence electrons. The van der Waals surface area contributed by atoms with Gasteiger partial charge in [-0.2, -0.15) is 0 Å². The third-order valence-electron chi connectivity index (χ3n) is 4.91. The standard InChI is InChI=1S/C22H23N3O4S/c1-14-18(15(2)29-24-14)13-30-21-17(5-4-8-23-21)22(26)25(3)12-16-6-7-19-20(11-16)28-10-9-27-19/h4-8,11H,9-10,12-13H2,1-3H3. The van der Waals surface area contributed by atoms with E-state index in [4.69, 9.17) is 14.0 Å². The molecule has 8 heteroatoms. The lowest BCUT2D eigenvalue weighted by atomic mass is 10.1. The van der Waals surface area contributed by atoms with Gasteiger partial charge in [0.05, 0.1) is 11.3 Å². The van der Waals surface area contributed by atoms with Crippen LogP contribution in [0.15, 0.2) is 46.1 Å². The van der Waals surface area contributed by atoms with Crippen LogP contribution >= 0.6 is 11.8 Å². The smallest absolute Gasteiger partial charge is 0.256 e. The molecule has 7 nitrogen and oxygen atoms in total. The normalized spacial score (nSPS) is 12.6. The number of ether oxygens (including phenoxy) is 2. The minimum Gasteiger partial charge on any atom is -0.486 e. The number of aryl methyl sites for hydroxylation is 2. The van der Waals surface area contributed by atoms with E-state index in [0.717, 1.165) is 34.1 Å². The van der Waals surface area contributed by atoms with E-state index >= 15 is 0 Å². The molecular formula is C22H23N3O4S. The van der Waals surface area contributed by atoms with Crippen molar-refractivity contribution in [3.63, 3.8) is 0 Å². The third-order valence-corrected chi connectivity index (χ3v) is 5.94. The molecule has 0 aliphatic carbocycles. The van der Waals surface area contributed by atoms with Crippen LogP contribution in [0.2, 0.25) is 0 Å². The average molecular weight is 426 g/mol. The van der Waals surface area contributed by atoms with Crippen LogP contribution in [0.1, 0.15) is 32.9 Å². The van der Waals surface area contributed by atoms with E-state index < -0.39 is 0 Å². The highest BCUT2D eigenvalue weighted by Crippen LogP contribution is 2.32. The predicted molar refractivity (Wildman–Crippen MR) is 113 cm³/mol. The molecule has 0 saturated carbocycles. The van der Waals surface area contributed by atoms with Crippen LogP contribution in [0.25, 0.3) is 0 Å². The molecule has 1 aliphatic rings. The summed E-state index contributed by atoms with van der Waals surface area (Å²) in [5.41, 5.74) is 3.45. The highest BCUT2D eigenvalue weighted by Gasteiger charge is 2.20. The Bertz CT molecular complexity index is 1050. The molecule has 3 aromatic rings. The van der Waals surface area contributed by atoms with Gasteiger partial charge in [-0.25, -0.2) is 4.98 Å². The van der Waals surface area contributed by atoms with Gasteiger partial charge in [0.25, 0.3) is 5.91 Å². The third kappa shape index (κ3) is 4.28. The fourth-order valence-corrected chi connectivity index (χ4v) is 4.39. The minimum absolute atomic E-state index is 0.0840. The second kappa shape index (κ2) is 8.79. The molecular weight excluding hydrogens is 402 g/mol. The molecule has 30 heavy (non-hydrogen) atoms. The zero-order valence-corrected chi connectivity index (χ0v) is 18.0. The van der Waals surface area contributed by atoms with Gasteiger partial charge in [-0.3, -0.25) is 4.79 Å². The van der Waals surface area contributed by atoms with Crippen molar-refractivity contribution < 1.29 is 18.8 Å². The van der Waals surface area contributed by atoms with Crippen molar-refractivity contribution in [3.8, 4) is 11.5 Å². The van der Waals surface area contributed by atoms with E-state index in [0.29, 0.717) is 36.1 Å². The number of carbonyl (C=O) groups excluding carboxylic acids is 1. The SMILES string of the molecule is Cc1noc(C)c1CSc1ncccc1C(=O)N(C)Cc1ccc2c(c1)OCCO2. The molecule has 0 bridgehead atoms. The van der Waals surface area contributed by atoms with Gasteiger partial charge in [-0.1, -0.05) is 11.2 Å². The van der Waals surface area contributed by atoms with Crippen LogP contribution < -0.4 is 9.47 Å². The fraction of sp³-hybridized carbons (Fsp3) is 0.318. The fourth-order valence-electron chi connectivity index (χ4n) is 3.25. The summed E-state index contributed by atoms with van der Waals surface area (Å²) in [5, 5.41) is 4.68. The van der Waals surface area contributed by atoms with Crippen LogP contribution in [-0.2, 0) is 12.3 Å². The number of benzene rings is 1. The first-order chi connectivity index (χ1) is 14.5. The molecule has 0 N–H and O–H groups in total. The van der Waals surface area contributed by atoms with E-state index in [1.165, 1.54) is 11.8 Å². The summed E-state index contributed by atoms with van der Waals surface area (Å²) in [4.78, 5) is 19.3. The molecule has 0 atom stereocenters. The Balaban J connectivity index is 1.47. The number of thioether (sulfide) groups is 1. The van der Waals surface area contributed by atoms with Crippen LogP contribution in [0, 0.1) is 13.8 Å². The summed E-state index contributed by atoms with van der Waals surface area (Å²) in [6, 6.07) is 9.36. The Kier molecular flexibility index (Phi) is 5.94. The van der Waals surface area contributed by atoms with Gasteiger partial charge in [0, 0.05) is 31.1 Å². The van der Waals surface area contributed by atoms with Gasteiger partial charge in [0.1, 0.15) is 24.0 Å². The van der Waals surface area contributed by atoms with Crippen molar-refractivity contribution in [2.75, 3.05) is 20.3 Å². The Morgan fingerprint density at radius 2 is 1.97 bits per heavy atom. The number of hydrogen-bond acceptors (Lipinski definition) is 7. The number of nitrogens with zero attached hydrogens (tertiary/aromatic N) is 3. The number of fused-ring (bicyclic) bond motifs is 1. The summed E-state index contributed by atoms with van der Waals surface area (Å²) < 4.78 is 16.4. The van der Waals surface area contributed by atoms with Crippen molar-refractivity contribution in [3.05, 3.63) is 64.7 Å². The van der Waals surface area contributed by atoms with Gasteiger partial charge in [0.2, 0.25) is 0 Å². The predicted octanol–water partition coefficient (Wildman–Crippen LogP) is 4.02. The summed E-state index contributed by atoms with van der Waals surface area (Å²) in [6.45, 7) is 5.35. The first kappa shape index (κ1) is 20.3. The number of pyridine rings is 1. The van der Waals surface area contributed by atoms with Gasteiger partial charge in [0.15, 0.2) is 11.5 Å². The second-order valence-corrected chi connectivity index (χ2v) is 8.05. The topological polar surface area (TPSA) is 77.7 Å². The molecule has 0 radical (unpaired) electrons. The van der Waals surface area contributed by atoms with Crippen LogP contribution in [0.4, 0.5) is 0 Å². The van der Waals surface area contributed by atoms with Gasteiger partial charge in [-0.05, 0) is 43.7 Å². The highest BCUT2D eigenvalue weighted by molar-refractivity contribution is 7.98. The maximum atomic E-state index is 13.1. The summed E-state index contributed by atoms with van der Waals surface area (Å²) in [7, 11) is 1.79. The molecule has 1 aliphatic heterocycles. The maximum Gasteiger partial charge on any atom is 0.256 e. The van der Waals surface area contributed by atoms with E-state index in [1.54, 1.807) is 24.2 Å². The lowest BCUT2D eigenvalue weighted by Crippen LogP contribution is -2.27. The largest absolute Gasteiger partial charge is 0.486 e. The first-order valence-electron chi connectivity index (χ1n) is 9.66. The van der Waals surface area contributed by atoms with Gasteiger partial charge in [-0.15, -0.1) is 11.8 Å². The van der Waals surface area contributed by atoms with E-state index in [2.05, 4.69) is 10.1 Å². The molecule has 1 aromatic carbocycles. The second-order valence-electron chi connectivity index (χ2n) is 7.09. The van der Waals surface area contributed by atoms with Crippen molar-refractivity contribution in [1.82, 2.24) is 15.0 Å². The molecule has 1 amide bonds. The van der Waals surface area contributed by atoms with Crippen LogP contribution in [-0.4, -0.2) is 41.2 Å². The molecule has 3 heterocycles. The van der Waals surface area contributed by atoms with Gasteiger partial charge >= 0.3 is 0 Å². The minimum atomic E-state index is -0.0840. The van der Waals surface area contributed by atoms with Crippen molar-refractivity contribution in [1.29, 1.82) is 0 Å². The zero-order chi connectivity index (χ0) is 21.1. The van der Waals surface area contributed by atoms with E-state index in [-0.39, 0.29) is 5.91 Å². The monoisotopic (exact) mass is 425 g/mol. The number of rotatable bonds is 6. The number of carbonyl (C=O) groups is 1. The number of hydrogen-bond donors (Lipinski definition) is 0. The molecule has 0 unspecified atom stereocenters. The summed E-state index contributed by atoms with van der Waals surface area (Å²) in [5.74, 6) is 2.81. The molecule has 4 rings (SSSR count). The Hall–Kier alpha value is -3.00. The van der Waals surface area contributed by atoms with E-state index in [1.807, 2.05) is 38.1 Å².